The van der Waals surface area contributed by atoms with Gasteiger partial charge in [0.15, 0.2) is 0 Å². The third kappa shape index (κ3) is 5.96. The van der Waals surface area contributed by atoms with E-state index >= 15 is 0 Å². The second-order valence-electron chi connectivity index (χ2n) is 6.93. The number of hydrogen-bond donors (Lipinski definition) is 0. The monoisotopic (exact) mass is 448 g/mol. The molecular formula is C24H21ClN4OS. The summed E-state index contributed by atoms with van der Waals surface area (Å²) in [5.41, 5.74) is 4.40. The van der Waals surface area contributed by atoms with Crippen LogP contribution in [0.5, 0.6) is 5.75 Å². The molecule has 4 aromatic rings. The molecule has 5 nitrogen and oxygen atoms in total. The number of halogens is 1. The maximum atomic E-state index is 6.17. The van der Waals surface area contributed by atoms with Crippen molar-refractivity contribution in [2.24, 2.45) is 5.10 Å². The number of rotatable bonds is 8. The molecule has 0 amide bonds. The van der Waals surface area contributed by atoms with Crippen LogP contribution in [0.25, 0.3) is 0 Å². The minimum atomic E-state index is 0.426. The zero-order valence-electron chi connectivity index (χ0n) is 17.0. The fourth-order valence-electron chi connectivity index (χ4n) is 2.78. The van der Waals surface area contributed by atoms with E-state index in [4.69, 9.17) is 16.3 Å². The van der Waals surface area contributed by atoms with Crippen molar-refractivity contribution >= 4 is 29.6 Å². The van der Waals surface area contributed by atoms with Gasteiger partial charge < -0.3 is 4.74 Å². The van der Waals surface area contributed by atoms with Crippen LogP contribution >= 0.6 is 23.4 Å². The van der Waals surface area contributed by atoms with E-state index in [-0.39, 0.29) is 0 Å². The molecule has 3 aromatic carbocycles. The van der Waals surface area contributed by atoms with Gasteiger partial charge in [-0.05, 0) is 48.4 Å². The number of nitrogens with zero attached hydrogens (tertiary/aromatic N) is 4. The summed E-state index contributed by atoms with van der Waals surface area (Å²) >= 11 is 7.77. The quantitative estimate of drug-likeness (QED) is 0.245. The van der Waals surface area contributed by atoms with E-state index in [1.54, 1.807) is 29.0 Å². The molecule has 0 unspecified atom stereocenters. The van der Waals surface area contributed by atoms with E-state index in [9.17, 15) is 0 Å². The SMILES string of the molecule is Cc1ccc(CSc2nncn2/N=C/c2ccc(OCc3ccccc3Cl)cc2)cc1. The first kappa shape index (κ1) is 21.2. The maximum Gasteiger partial charge on any atom is 0.212 e. The van der Waals surface area contributed by atoms with Crippen molar-refractivity contribution in [2.45, 2.75) is 24.4 Å². The van der Waals surface area contributed by atoms with Crippen molar-refractivity contribution in [1.82, 2.24) is 14.9 Å². The van der Waals surface area contributed by atoms with Gasteiger partial charge in [-0.2, -0.15) is 9.78 Å². The molecule has 0 aliphatic heterocycles. The van der Waals surface area contributed by atoms with Crippen molar-refractivity contribution in [1.29, 1.82) is 0 Å². The smallest absolute Gasteiger partial charge is 0.212 e. The molecule has 0 aliphatic rings. The van der Waals surface area contributed by atoms with Crippen LogP contribution < -0.4 is 4.74 Å². The van der Waals surface area contributed by atoms with Gasteiger partial charge in [0.1, 0.15) is 18.7 Å². The summed E-state index contributed by atoms with van der Waals surface area (Å²) in [6.07, 6.45) is 3.38. The minimum absolute atomic E-state index is 0.426. The Morgan fingerprint density at radius 2 is 1.81 bits per heavy atom. The lowest BCUT2D eigenvalue weighted by molar-refractivity contribution is 0.306. The second kappa shape index (κ2) is 10.3. The molecule has 0 spiro atoms. The molecule has 0 bridgehead atoms. The van der Waals surface area contributed by atoms with E-state index in [1.807, 2.05) is 48.5 Å². The lowest BCUT2D eigenvalue weighted by atomic mass is 10.2. The van der Waals surface area contributed by atoms with E-state index in [1.165, 1.54) is 11.1 Å². The molecule has 1 heterocycles. The van der Waals surface area contributed by atoms with Crippen molar-refractivity contribution < 1.29 is 4.74 Å². The van der Waals surface area contributed by atoms with Gasteiger partial charge in [0.25, 0.3) is 0 Å². The summed E-state index contributed by atoms with van der Waals surface area (Å²) in [5.74, 6) is 1.59. The van der Waals surface area contributed by atoms with Gasteiger partial charge in [-0.15, -0.1) is 10.2 Å². The third-order valence-electron chi connectivity index (χ3n) is 4.55. The number of ether oxygens (including phenoxy) is 1. The third-order valence-corrected chi connectivity index (χ3v) is 5.93. The molecule has 0 radical (unpaired) electrons. The summed E-state index contributed by atoms with van der Waals surface area (Å²) in [6.45, 7) is 2.51. The van der Waals surface area contributed by atoms with Crippen molar-refractivity contribution in [2.75, 3.05) is 0 Å². The normalized spacial score (nSPS) is 11.2. The Bertz CT molecular complexity index is 1160. The molecule has 31 heavy (non-hydrogen) atoms. The van der Waals surface area contributed by atoms with Gasteiger partial charge >= 0.3 is 0 Å². The highest BCUT2D eigenvalue weighted by Gasteiger charge is 2.05. The summed E-state index contributed by atoms with van der Waals surface area (Å²) in [4.78, 5) is 0. The van der Waals surface area contributed by atoms with E-state index in [0.717, 1.165) is 27.8 Å². The number of thioether (sulfide) groups is 1. The van der Waals surface area contributed by atoms with Crippen LogP contribution in [0, 0.1) is 6.92 Å². The van der Waals surface area contributed by atoms with Crippen LogP contribution in [0.15, 0.2) is 89.4 Å². The van der Waals surface area contributed by atoms with Gasteiger partial charge in [-0.25, -0.2) is 0 Å². The fourth-order valence-corrected chi connectivity index (χ4v) is 3.79. The lowest BCUT2D eigenvalue weighted by Gasteiger charge is -2.07. The lowest BCUT2D eigenvalue weighted by Crippen LogP contribution is -1.96. The first-order valence-electron chi connectivity index (χ1n) is 9.76. The minimum Gasteiger partial charge on any atom is -0.489 e. The Morgan fingerprint density at radius 3 is 2.58 bits per heavy atom. The van der Waals surface area contributed by atoms with Crippen LogP contribution in [-0.2, 0) is 12.4 Å². The first-order chi connectivity index (χ1) is 15.2. The van der Waals surface area contributed by atoms with Gasteiger partial charge in [0.2, 0.25) is 5.16 Å². The number of benzene rings is 3. The molecule has 4 rings (SSSR count). The van der Waals surface area contributed by atoms with Crippen LogP contribution in [0.3, 0.4) is 0 Å². The number of aryl methyl sites for hydroxylation is 1. The van der Waals surface area contributed by atoms with E-state index < -0.39 is 0 Å². The Morgan fingerprint density at radius 1 is 1.03 bits per heavy atom. The largest absolute Gasteiger partial charge is 0.489 e. The summed E-state index contributed by atoms with van der Waals surface area (Å²) in [6, 6.07) is 23.9. The zero-order chi connectivity index (χ0) is 21.5. The van der Waals surface area contributed by atoms with E-state index in [2.05, 4.69) is 46.5 Å². The van der Waals surface area contributed by atoms with Crippen LogP contribution in [0.2, 0.25) is 5.02 Å². The topological polar surface area (TPSA) is 52.3 Å². The summed E-state index contributed by atoms with van der Waals surface area (Å²) < 4.78 is 7.50. The van der Waals surface area contributed by atoms with Crippen molar-refractivity contribution in [3.63, 3.8) is 0 Å². The summed E-state index contributed by atoms with van der Waals surface area (Å²) in [7, 11) is 0. The van der Waals surface area contributed by atoms with Crippen molar-refractivity contribution in [3.8, 4) is 5.75 Å². The molecule has 0 atom stereocenters. The Kier molecular flexibility index (Phi) is 7.02. The molecule has 0 saturated carbocycles. The molecule has 7 heteroatoms. The molecule has 0 aliphatic carbocycles. The van der Waals surface area contributed by atoms with Crippen molar-refractivity contribution in [3.05, 3.63) is 106 Å². The van der Waals surface area contributed by atoms with Crippen LogP contribution in [0.1, 0.15) is 22.3 Å². The standard InChI is InChI=1S/C24H21ClN4OS/c1-18-6-8-20(9-7-18)16-31-24-28-26-17-29(24)27-14-19-10-12-22(13-11-19)30-15-21-4-2-3-5-23(21)25/h2-14,17H,15-16H2,1H3/b27-14+. The van der Waals surface area contributed by atoms with Crippen LogP contribution in [0.4, 0.5) is 0 Å². The first-order valence-corrected chi connectivity index (χ1v) is 11.1. The molecular weight excluding hydrogens is 428 g/mol. The van der Waals surface area contributed by atoms with Gasteiger partial charge in [0, 0.05) is 16.3 Å². The highest BCUT2D eigenvalue weighted by atomic mass is 35.5. The van der Waals surface area contributed by atoms with Gasteiger partial charge in [-0.1, -0.05) is 71.4 Å². The second-order valence-corrected chi connectivity index (χ2v) is 8.28. The fraction of sp³-hybridized carbons (Fsp3) is 0.125. The molecule has 1 aromatic heterocycles. The molecule has 0 saturated heterocycles. The number of aromatic nitrogens is 3. The molecule has 156 valence electrons. The van der Waals surface area contributed by atoms with Gasteiger partial charge in [-0.3, -0.25) is 0 Å². The van der Waals surface area contributed by atoms with Gasteiger partial charge in [0.05, 0.1) is 6.21 Å². The number of hydrogen-bond acceptors (Lipinski definition) is 5. The Hall–Kier alpha value is -3.09. The predicted molar refractivity (Wildman–Crippen MR) is 126 cm³/mol. The molecule has 0 fully saturated rings. The summed E-state index contributed by atoms with van der Waals surface area (Å²) in [5, 5.41) is 14.1. The van der Waals surface area contributed by atoms with Crippen LogP contribution in [-0.4, -0.2) is 21.1 Å². The Labute approximate surface area is 190 Å². The predicted octanol–water partition coefficient (Wildman–Crippen LogP) is 5.99. The highest BCUT2D eigenvalue weighted by Crippen LogP contribution is 2.21. The molecule has 0 N–H and O–H groups in total. The highest BCUT2D eigenvalue weighted by molar-refractivity contribution is 7.98. The average Bonchev–Trinajstić information content (AvgIpc) is 3.25. The zero-order valence-corrected chi connectivity index (χ0v) is 18.6. The van der Waals surface area contributed by atoms with E-state index in [0.29, 0.717) is 11.6 Å². The maximum absolute atomic E-state index is 6.17. The Balaban J connectivity index is 1.34. The average molecular weight is 449 g/mol.